The van der Waals surface area contributed by atoms with E-state index < -0.39 is 0 Å². The average Bonchev–Trinajstić information content (AvgIpc) is 2.83. The predicted octanol–water partition coefficient (Wildman–Crippen LogP) is 3.74. The second kappa shape index (κ2) is 5.14. The molecule has 4 heteroatoms. The summed E-state index contributed by atoms with van der Waals surface area (Å²) in [5.41, 5.74) is 2.51. The summed E-state index contributed by atoms with van der Waals surface area (Å²) in [7, 11) is 0. The van der Waals surface area contributed by atoms with Gasteiger partial charge in [-0.15, -0.1) is 11.6 Å². The maximum absolute atomic E-state index is 11.7. The largest absolute Gasteiger partial charge is 0.322 e. The number of hydrogen-bond donors (Lipinski definition) is 1. The molecule has 16 heavy (non-hydrogen) atoms. The molecule has 2 aromatic rings. The van der Waals surface area contributed by atoms with E-state index in [4.69, 9.17) is 11.6 Å². The Hall–Kier alpha value is -1.32. The summed E-state index contributed by atoms with van der Waals surface area (Å²) in [6, 6.07) is 9.30. The zero-order chi connectivity index (χ0) is 11.4. The third-order valence-corrected chi connectivity index (χ3v) is 3.14. The fraction of sp³-hybridized carbons (Fsp3) is 0.0833. The Balaban J connectivity index is 2.06. The molecule has 0 unspecified atom stereocenters. The highest BCUT2D eigenvalue weighted by atomic mass is 35.5. The molecule has 1 aromatic carbocycles. The highest BCUT2D eigenvalue weighted by Gasteiger charge is 2.05. The molecule has 0 aliphatic heterocycles. The maximum atomic E-state index is 11.7. The van der Waals surface area contributed by atoms with E-state index in [9.17, 15) is 4.79 Å². The Morgan fingerprint density at radius 1 is 1.25 bits per heavy atom. The van der Waals surface area contributed by atoms with Crippen LogP contribution in [0.25, 0.3) is 0 Å². The Morgan fingerprint density at radius 3 is 2.56 bits per heavy atom. The minimum atomic E-state index is -0.0835. The molecule has 2 rings (SSSR count). The van der Waals surface area contributed by atoms with Crippen LogP contribution in [0.1, 0.15) is 15.9 Å². The number of carbonyl (C=O) groups excluding carboxylic acids is 1. The van der Waals surface area contributed by atoms with E-state index in [1.54, 1.807) is 6.07 Å². The van der Waals surface area contributed by atoms with Crippen molar-refractivity contribution in [2.24, 2.45) is 0 Å². The molecular formula is C12H10ClNOS. The van der Waals surface area contributed by atoms with Gasteiger partial charge in [-0.1, -0.05) is 12.1 Å². The molecule has 1 amide bonds. The van der Waals surface area contributed by atoms with Gasteiger partial charge in [0.05, 0.1) is 5.56 Å². The van der Waals surface area contributed by atoms with Crippen molar-refractivity contribution in [1.82, 2.24) is 0 Å². The first-order valence-electron chi connectivity index (χ1n) is 4.78. The van der Waals surface area contributed by atoms with Crippen LogP contribution in [0, 0.1) is 0 Å². The zero-order valence-corrected chi connectivity index (χ0v) is 10.0. The Bertz CT molecular complexity index is 464. The number of anilines is 1. The van der Waals surface area contributed by atoms with E-state index in [2.05, 4.69) is 5.32 Å². The average molecular weight is 252 g/mol. The lowest BCUT2D eigenvalue weighted by atomic mass is 10.2. The molecule has 0 radical (unpaired) electrons. The standard InChI is InChI=1S/C12H10ClNOS/c13-7-9-1-3-11(4-2-9)14-12(15)10-5-6-16-8-10/h1-6,8H,7H2,(H,14,15). The number of halogens is 1. The SMILES string of the molecule is O=C(Nc1ccc(CCl)cc1)c1ccsc1. The van der Waals surface area contributed by atoms with Crippen molar-refractivity contribution in [2.75, 3.05) is 5.32 Å². The summed E-state index contributed by atoms with van der Waals surface area (Å²) in [5.74, 6) is 0.401. The maximum Gasteiger partial charge on any atom is 0.256 e. The minimum absolute atomic E-state index is 0.0835. The van der Waals surface area contributed by atoms with Crippen molar-refractivity contribution in [3.05, 3.63) is 52.2 Å². The van der Waals surface area contributed by atoms with Gasteiger partial charge in [-0.25, -0.2) is 0 Å². The van der Waals surface area contributed by atoms with Gasteiger partial charge in [0.25, 0.3) is 5.91 Å². The van der Waals surface area contributed by atoms with Gasteiger partial charge in [0.1, 0.15) is 0 Å². The van der Waals surface area contributed by atoms with Gasteiger partial charge in [-0.2, -0.15) is 11.3 Å². The third kappa shape index (κ3) is 2.62. The predicted molar refractivity (Wildman–Crippen MR) is 68.3 cm³/mol. The van der Waals surface area contributed by atoms with Gasteiger partial charge >= 0.3 is 0 Å². The molecule has 1 aromatic heterocycles. The fourth-order valence-corrected chi connectivity index (χ4v) is 2.09. The molecule has 0 bridgehead atoms. The van der Waals surface area contributed by atoms with Gasteiger partial charge in [0.15, 0.2) is 0 Å². The first-order valence-corrected chi connectivity index (χ1v) is 6.26. The summed E-state index contributed by atoms with van der Waals surface area (Å²) in [4.78, 5) is 11.7. The Kier molecular flexibility index (Phi) is 3.59. The molecule has 0 fully saturated rings. The zero-order valence-electron chi connectivity index (χ0n) is 8.44. The molecule has 0 saturated heterocycles. The van der Waals surface area contributed by atoms with Gasteiger partial charge in [-0.3, -0.25) is 4.79 Å². The van der Waals surface area contributed by atoms with E-state index in [0.717, 1.165) is 11.3 Å². The van der Waals surface area contributed by atoms with Crippen LogP contribution < -0.4 is 5.32 Å². The molecule has 1 heterocycles. The van der Waals surface area contributed by atoms with Crippen LogP contribution in [0.15, 0.2) is 41.1 Å². The normalized spacial score (nSPS) is 10.1. The lowest BCUT2D eigenvalue weighted by Gasteiger charge is -2.04. The number of hydrogen-bond acceptors (Lipinski definition) is 2. The van der Waals surface area contributed by atoms with Crippen molar-refractivity contribution in [3.63, 3.8) is 0 Å². The summed E-state index contributed by atoms with van der Waals surface area (Å²) in [6.45, 7) is 0. The number of carbonyl (C=O) groups is 1. The number of benzene rings is 1. The van der Waals surface area contributed by atoms with Crippen LogP contribution in [-0.2, 0) is 5.88 Å². The molecule has 82 valence electrons. The summed E-state index contributed by atoms with van der Waals surface area (Å²) < 4.78 is 0. The van der Waals surface area contributed by atoms with Gasteiger partial charge in [0.2, 0.25) is 0 Å². The number of amides is 1. The number of nitrogens with one attached hydrogen (secondary N) is 1. The van der Waals surface area contributed by atoms with E-state index in [1.807, 2.05) is 35.0 Å². The van der Waals surface area contributed by atoms with Crippen LogP contribution in [0.2, 0.25) is 0 Å². The topological polar surface area (TPSA) is 29.1 Å². The van der Waals surface area contributed by atoms with Crippen LogP contribution in [0.5, 0.6) is 0 Å². The number of alkyl halides is 1. The highest BCUT2D eigenvalue weighted by Crippen LogP contribution is 2.13. The molecule has 0 atom stereocenters. The van der Waals surface area contributed by atoms with Crippen molar-refractivity contribution in [3.8, 4) is 0 Å². The third-order valence-electron chi connectivity index (χ3n) is 2.15. The van der Waals surface area contributed by atoms with E-state index in [-0.39, 0.29) is 5.91 Å². The van der Waals surface area contributed by atoms with Gasteiger partial charge in [-0.05, 0) is 29.1 Å². The lowest BCUT2D eigenvalue weighted by molar-refractivity contribution is 0.102. The smallest absolute Gasteiger partial charge is 0.256 e. The van der Waals surface area contributed by atoms with Crippen LogP contribution in [0.3, 0.4) is 0 Å². The summed E-state index contributed by atoms with van der Waals surface area (Å²) >= 11 is 7.19. The lowest BCUT2D eigenvalue weighted by Crippen LogP contribution is -2.10. The van der Waals surface area contributed by atoms with E-state index >= 15 is 0 Å². The van der Waals surface area contributed by atoms with E-state index in [0.29, 0.717) is 11.4 Å². The van der Waals surface area contributed by atoms with Crippen molar-refractivity contribution < 1.29 is 4.79 Å². The number of thiophene rings is 1. The molecule has 0 aliphatic carbocycles. The highest BCUT2D eigenvalue weighted by molar-refractivity contribution is 7.08. The fourth-order valence-electron chi connectivity index (χ4n) is 1.27. The molecule has 0 aliphatic rings. The molecule has 0 saturated carbocycles. The molecule has 1 N–H and O–H groups in total. The first-order chi connectivity index (χ1) is 7.79. The summed E-state index contributed by atoms with van der Waals surface area (Å²) in [6.07, 6.45) is 0. The minimum Gasteiger partial charge on any atom is -0.322 e. The van der Waals surface area contributed by atoms with Crippen molar-refractivity contribution in [1.29, 1.82) is 0 Å². The van der Waals surface area contributed by atoms with Gasteiger partial charge < -0.3 is 5.32 Å². The monoisotopic (exact) mass is 251 g/mol. The van der Waals surface area contributed by atoms with Gasteiger partial charge in [0, 0.05) is 16.9 Å². The Morgan fingerprint density at radius 2 is 2.00 bits per heavy atom. The van der Waals surface area contributed by atoms with Crippen molar-refractivity contribution in [2.45, 2.75) is 5.88 Å². The first kappa shape index (κ1) is 11.2. The quantitative estimate of drug-likeness (QED) is 0.828. The second-order valence-electron chi connectivity index (χ2n) is 3.30. The molecule has 0 spiro atoms. The second-order valence-corrected chi connectivity index (χ2v) is 4.34. The van der Waals surface area contributed by atoms with Crippen LogP contribution in [-0.4, -0.2) is 5.91 Å². The van der Waals surface area contributed by atoms with Crippen LogP contribution in [0.4, 0.5) is 5.69 Å². The summed E-state index contributed by atoms with van der Waals surface area (Å²) in [5, 5.41) is 6.52. The number of rotatable bonds is 3. The Labute approximate surface area is 103 Å². The molecule has 2 nitrogen and oxygen atoms in total. The van der Waals surface area contributed by atoms with E-state index in [1.165, 1.54) is 11.3 Å². The van der Waals surface area contributed by atoms with Crippen molar-refractivity contribution >= 4 is 34.5 Å². The van der Waals surface area contributed by atoms with Crippen LogP contribution >= 0.6 is 22.9 Å². The molecular weight excluding hydrogens is 242 g/mol.